The molecule has 0 spiro atoms. The number of anilines is 1. The molecular weight excluding hydrogens is 1850 g/mol. The number of benzene rings is 13. The number of nitrogens with zero attached hydrogens (tertiary/aromatic N) is 4. The summed E-state index contributed by atoms with van der Waals surface area (Å²) >= 11 is 1.31. The van der Waals surface area contributed by atoms with Gasteiger partial charge in [0.1, 0.15) is 4.60 Å². The number of pyridine rings is 4. The van der Waals surface area contributed by atoms with Crippen molar-refractivity contribution in [3.05, 3.63) is 467 Å². The molecule has 17 rings (SSSR count). The largest absolute Gasteiger partial charge is 0.248 e. The Bertz CT molecular complexity index is 6050. The minimum Gasteiger partial charge on any atom is -0.248 e. The Morgan fingerprint density at radius 2 is 0.656 bits per heavy atom. The SMILES string of the molecule is C.CC(=O)c1ccccc1.CC(C)(C)c1ccc(-c2ccc(C(=O)c3ccccc3)cn2)cc1.CC(C)(C)c1ccc(B(O)O)cc1.Nc1ccccc1C(=O)c1ccccc1.O=C(c1ccccc1)c1ccc(Br)nc1.[Cl][Ir]([Cl])[Cl].c1ccc(-c2cc(-c3ccccc3)c3ccccc3n2)cc1.c1ccc(-c2cc(-c3ccccc3)c3ccccc3n2)cc1. The van der Waals surface area contributed by atoms with Gasteiger partial charge in [0, 0.05) is 84.5 Å². The van der Waals surface area contributed by atoms with Gasteiger partial charge >= 0.3 is 49.3 Å². The standard InChI is InChI=1S/C22H21NO.2C21H15N.C13H11NO.C12H8BrNO.C10H15BO2.C8H8O.CH4.3ClH.Ir/c1-22(2,3)19-12-9-16(10-13-19)20-14-11-18(15-23-20)21(24)17-7-5-4-6-8-17;2*1-3-9-16(10-4-1)19-15-21(17-11-5-2-6-12-17)22-20-14-8-7-13-18(19)20;14-12-9-5-4-8-11(12)13(15)10-6-2-1-3-7-10;13-11-7-6-10(8-14-11)12(15)9-4-2-1-3-5-9;1-10(2,3)8-4-6-9(7-5-8)11(12)13;1-7(9)8-5-3-2-4-6-8;;;;;/h4-15H,1-3H3;2*1-15H;1-9H,14H2;1-8H;4-7,12-13H,1-3H3;2-6H,1H3;1H4;3*1H;/q;;;;;;;;;;;+3/p-3. The number of rotatable bonds is 13. The second-order valence-corrected chi connectivity index (χ2v) is 41.4. The van der Waals surface area contributed by atoms with Crippen LogP contribution in [0.2, 0.25) is 0 Å². The molecule has 17 aromatic rings. The van der Waals surface area contributed by atoms with E-state index in [1.165, 1.54) is 44.2 Å². The van der Waals surface area contributed by atoms with Crippen LogP contribution >= 0.6 is 44.7 Å². The average Bonchev–Trinajstić information content (AvgIpc) is 0.784. The van der Waals surface area contributed by atoms with Crippen LogP contribution in [-0.2, 0) is 24.3 Å². The van der Waals surface area contributed by atoms with Gasteiger partial charge in [0.2, 0.25) is 0 Å². The Labute approximate surface area is 760 Å². The number of halogens is 4. The van der Waals surface area contributed by atoms with Crippen molar-refractivity contribution in [2.75, 3.05) is 5.73 Å². The second-order valence-electron chi connectivity index (χ2n) is 30.2. The van der Waals surface area contributed by atoms with Crippen LogP contribution in [0, 0.1) is 0 Å². The first-order chi connectivity index (χ1) is 59.8. The Morgan fingerprint density at radius 3 is 0.992 bits per heavy atom. The van der Waals surface area contributed by atoms with Crippen molar-refractivity contribution in [3.63, 3.8) is 0 Å². The van der Waals surface area contributed by atoms with Crippen LogP contribution < -0.4 is 11.2 Å². The molecule has 0 amide bonds. The van der Waals surface area contributed by atoms with Crippen molar-refractivity contribution in [2.24, 2.45) is 0 Å². The molecular formula is C108H97BBrCl3IrN5O6. The third kappa shape index (κ3) is 29.6. The summed E-state index contributed by atoms with van der Waals surface area (Å²) in [5.41, 5.74) is 27.3. The summed E-state index contributed by atoms with van der Waals surface area (Å²) in [5, 5.41) is 20.1. The number of aromatic nitrogens is 4. The number of carbonyl (C=O) groups excluding carboxylic acids is 4. The van der Waals surface area contributed by atoms with E-state index < -0.39 is 20.6 Å². The summed E-state index contributed by atoms with van der Waals surface area (Å²) in [6, 6.07) is 130. The minimum absolute atomic E-state index is 0. The summed E-state index contributed by atoms with van der Waals surface area (Å²) in [6.45, 7) is 14.5. The second kappa shape index (κ2) is 48.5. The van der Waals surface area contributed by atoms with E-state index in [0.717, 1.165) is 55.0 Å². The van der Waals surface area contributed by atoms with Crippen LogP contribution in [0.25, 0.3) is 77.8 Å². The van der Waals surface area contributed by atoms with E-state index >= 15 is 0 Å². The molecule has 0 fully saturated rings. The molecule has 4 N–H and O–H groups in total. The molecule has 13 aromatic carbocycles. The molecule has 4 heterocycles. The number of hydrogen-bond acceptors (Lipinski definition) is 11. The maximum absolute atomic E-state index is 12.4. The maximum Gasteiger partial charge on any atom is 0.0715 e. The number of nitrogens with two attached hydrogens (primary N) is 1. The van der Waals surface area contributed by atoms with E-state index in [0.29, 0.717) is 44.5 Å². The number of nitrogen functional groups attached to an aromatic ring is 1. The van der Waals surface area contributed by atoms with Gasteiger partial charge in [0.15, 0.2) is 23.1 Å². The van der Waals surface area contributed by atoms with Crippen LogP contribution in [0.4, 0.5) is 5.69 Å². The van der Waals surface area contributed by atoms with Crippen molar-refractivity contribution >= 4 is 108 Å². The van der Waals surface area contributed by atoms with E-state index in [2.05, 4.69) is 213 Å². The molecule has 630 valence electrons. The molecule has 0 atom stereocenters. The van der Waals surface area contributed by atoms with Crippen molar-refractivity contribution in [2.45, 2.75) is 66.7 Å². The van der Waals surface area contributed by atoms with Crippen molar-refractivity contribution < 1.29 is 42.7 Å². The molecule has 0 radical (unpaired) electrons. The van der Waals surface area contributed by atoms with Crippen molar-refractivity contribution in [1.29, 1.82) is 0 Å². The van der Waals surface area contributed by atoms with E-state index in [1.807, 2.05) is 194 Å². The third-order valence-corrected chi connectivity index (χ3v) is 19.8. The third-order valence-electron chi connectivity index (χ3n) is 19.4. The van der Waals surface area contributed by atoms with E-state index in [4.69, 9.17) is 54.5 Å². The van der Waals surface area contributed by atoms with Crippen LogP contribution in [0.5, 0.6) is 0 Å². The fourth-order valence-corrected chi connectivity index (χ4v) is 13.0. The number of para-hydroxylation sites is 3. The van der Waals surface area contributed by atoms with Gasteiger partial charge in [-0.15, -0.1) is 0 Å². The fourth-order valence-electron chi connectivity index (χ4n) is 12.7. The molecule has 0 aliphatic carbocycles. The Balaban J connectivity index is 0.000000167. The van der Waals surface area contributed by atoms with Crippen LogP contribution in [0.3, 0.4) is 0 Å². The van der Waals surface area contributed by atoms with Crippen LogP contribution in [0.15, 0.2) is 417 Å². The first-order valence-corrected chi connectivity index (χ1v) is 49.5. The fraction of sp³-hybridized carbons (Fsp3) is 0.0926. The molecule has 4 aromatic heterocycles. The van der Waals surface area contributed by atoms with Gasteiger partial charge in [-0.3, -0.25) is 24.2 Å². The summed E-state index contributed by atoms with van der Waals surface area (Å²) in [6.07, 6.45) is 3.22. The molecule has 0 saturated carbocycles. The number of hydrogen-bond donors (Lipinski definition) is 3. The molecule has 0 unspecified atom stereocenters. The Morgan fingerprint density at radius 1 is 0.344 bits per heavy atom. The van der Waals surface area contributed by atoms with Gasteiger partial charge in [0.05, 0.1) is 28.1 Å². The topological polar surface area (TPSA) is 186 Å². The average molecular weight is 1950 g/mol. The summed E-state index contributed by atoms with van der Waals surface area (Å²) in [5.74, 6) is 0.0811. The zero-order valence-corrected chi connectivity index (χ0v) is 75.8. The van der Waals surface area contributed by atoms with Crippen molar-refractivity contribution in [1.82, 2.24) is 19.9 Å². The van der Waals surface area contributed by atoms with Gasteiger partial charge < -0.3 is 15.8 Å². The van der Waals surface area contributed by atoms with Gasteiger partial charge in [-0.1, -0.05) is 389 Å². The summed E-state index contributed by atoms with van der Waals surface area (Å²) < 4.78 is 0.729. The van der Waals surface area contributed by atoms with Gasteiger partial charge in [-0.2, -0.15) is 0 Å². The molecule has 0 bridgehead atoms. The smallest absolute Gasteiger partial charge is 0.0715 e. The normalized spacial score (nSPS) is 10.5. The first kappa shape index (κ1) is 96.3. The van der Waals surface area contributed by atoms with Crippen LogP contribution in [0.1, 0.15) is 125 Å². The predicted octanol–water partition coefficient (Wildman–Crippen LogP) is 27.2. The maximum atomic E-state index is 12.4. The number of Topliss-reactive ketones (excluding diaryl/α,β-unsaturated/α-hetero) is 1. The number of ketones is 4. The zero-order chi connectivity index (χ0) is 88.4. The van der Waals surface area contributed by atoms with Crippen molar-refractivity contribution in [3.8, 4) is 56.0 Å². The Hall–Kier alpha value is -12.6. The predicted molar refractivity (Wildman–Crippen MR) is 522 cm³/mol. The van der Waals surface area contributed by atoms with E-state index in [9.17, 15) is 19.2 Å². The summed E-state index contributed by atoms with van der Waals surface area (Å²) in [7, 11) is 13.6. The first-order valence-electron chi connectivity index (χ1n) is 39.8. The molecule has 125 heavy (non-hydrogen) atoms. The molecule has 17 heteroatoms. The summed E-state index contributed by atoms with van der Waals surface area (Å²) in [4.78, 5) is 65.1. The molecule has 0 aliphatic rings. The molecule has 0 aliphatic heterocycles. The molecule has 0 saturated heterocycles. The zero-order valence-electron chi connectivity index (χ0n) is 69.6. The Kier molecular flexibility index (Phi) is 37.3. The minimum atomic E-state index is -1.92. The van der Waals surface area contributed by atoms with E-state index in [1.54, 1.807) is 80.0 Å². The van der Waals surface area contributed by atoms with Crippen LogP contribution in [-0.4, -0.2) is 60.2 Å². The number of fused-ring (bicyclic) bond motifs is 2. The van der Waals surface area contributed by atoms with E-state index in [-0.39, 0.29) is 41.4 Å². The van der Waals surface area contributed by atoms with Gasteiger partial charge in [0.25, 0.3) is 0 Å². The number of carbonyl (C=O) groups is 4. The monoisotopic (exact) mass is 1950 g/mol. The quantitative estimate of drug-likeness (QED) is 0.0432. The van der Waals surface area contributed by atoms with Gasteiger partial charge in [-0.25, -0.2) is 15.0 Å². The van der Waals surface area contributed by atoms with Gasteiger partial charge in [-0.05, 0) is 133 Å². The molecule has 11 nitrogen and oxygen atoms in total.